The second-order valence-electron chi connectivity index (χ2n) is 4.93. The van der Waals surface area contributed by atoms with Gasteiger partial charge in [-0.3, -0.25) is 0 Å². The van der Waals surface area contributed by atoms with Crippen LogP contribution in [0.25, 0.3) is 0 Å². The van der Waals surface area contributed by atoms with Crippen LogP contribution in [0, 0.1) is 5.92 Å². The van der Waals surface area contributed by atoms with Crippen LogP contribution in [0.1, 0.15) is 32.1 Å². The van der Waals surface area contributed by atoms with Gasteiger partial charge in [-0.2, -0.15) is 4.31 Å². The molecule has 0 aromatic heterocycles. The van der Waals surface area contributed by atoms with Gasteiger partial charge in [-0.1, -0.05) is 19.3 Å². The molecule has 0 aromatic carbocycles. The molecule has 4 nitrogen and oxygen atoms in total. The fourth-order valence-electron chi connectivity index (χ4n) is 2.68. The summed E-state index contributed by atoms with van der Waals surface area (Å²) >= 11 is 0. The Hall–Kier alpha value is -0.130. The number of hydrogen-bond acceptors (Lipinski definition) is 3. The van der Waals surface area contributed by atoms with Crippen molar-refractivity contribution < 1.29 is 8.42 Å². The second kappa shape index (κ2) is 5.47. The minimum Gasteiger partial charge on any atom is -0.314 e. The van der Waals surface area contributed by atoms with Gasteiger partial charge in [0.05, 0.1) is 5.75 Å². The van der Waals surface area contributed by atoms with Gasteiger partial charge in [0.1, 0.15) is 0 Å². The maximum Gasteiger partial charge on any atom is 0.214 e. The van der Waals surface area contributed by atoms with Gasteiger partial charge in [0.2, 0.25) is 10.0 Å². The summed E-state index contributed by atoms with van der Waals surface area (Å²) in [5.41, 5.74) is 0. The van der Waals surface area contributed by atoms with Gasteiger partial charge in [-0.05, 0) is 18.8 Å². The highest BCUT2D eigenvalue weighted by Crippen LogP contribution is 2.25. The number of nitrogens with zero attached hydrogens (tertiary/aromatic N) is 1. The van der Waals surface area contributed by atoms with Crippen LogP contribution in [0.4, 0.5) is 0 Å². The highest BCUT2D eigenvalue weighted by Gasteiger charge is 2.27. The van der Waals surface area contributed by atoms with E-state index in [4.69, 9.17) is 0 Å². The van der Waals surface area contributed by atoms with Crippen LogP contribution >= 0.6 is 0 Å². The first kappa shape index (κ1) is 12.3. The molecule has 2 rings (SSSR count). The molecule has 0 atom stereocenters. The lowest BCUT2D eigenvalue weighted by Crippen LogP contribution is -2.47. The van der Waals surface area contributed by atoms with Crippen molar-refractivity contribution in [1.82, 2.24) is 9.62 Å². The fraction of sp³-hybridized carbons (Fsp3) is 1.00. The van der Waals surface area contributed by atoms with Crippen molar-refractivity contribution in [1.29, 1.82) is 0 Å². The van der Waals surface area contributed by atoms with E-state index in [9.17, 15) is 8.42 Å². The zero-order valence-corrected chi connectivity index (χ0v) is 10.6. The average molecular weight is 246 g/mol. The predicted octanol–water partition coefficient (Wildman–Crippen LogP) is 0.802. The number of sulfonamides is 1. The van der Waals surface area contributed by atoms with E-state index in [0.29, 0.717) is 24.8 Å². The first-order valence-corrected chi connectivity index (χ1v) is 7.98. The summed E-state index contributed by atoms with van der Waals surface area (Å²) in [7, 11) is -2.99. The molecular weight excluding hydrogens is 224 g/mol. The van der Waals surface area contributed by atoms with E-state index in [1.54, 1.807) is 4.31 Å². The van der Waals surface area contributed by atoms with Crippen LogP contribution < -0.4 is 5.32 Å². The van der Waals surface area contributed by atoms with Crippen LogP contribution in [0.15, 0.2) is 0 Å². The van der Waals surface area contributed by atoms with Gasteiger partial charge in [0, 0.05) is 26.2 Å². The van der Waals surface area contributed by atoms with Crippen molar-refractivity contribution in [2.75, 3.05) is 31.9 Å². The third kappa shape index (κ3) is 3.18. The van der Waals surface area contributed by atoms with Crippen molar-refractivity contribution in [3.05, 3.63) is 0 Å². The average Bonchev–Trinajstić information content (AvgIpc) is 2.31. The Kier molecular flexibility index (Phi) is 4.21. The van der Waals surface area contributed by atoms with Gasteiger partial charge in [-0.25, -0.2) is 8.42 Å². The van der Waals surface area contributed by atoms with E-state index in [-0.39, 0.29) is 0 Å². The molecule has 1 aliphatic carbocycles. The molecule has 1 aliphatic heterocycles. The minimum absolute atomic E-state index is 0.382. The van der Waals surface area contributed by atoms with Crippen LogP contribution in [0.5, 0.6) is 0 Å². The maximum atomic E-state index is 12.2. The number of piperazine rings is 1. The van der Waals surface area contributed by atoms with Gasteiger partial charge in [0.15, 0.2) is 0 Å². The lowest BCUT2D eigenvalue weighted by molar-refractivity contribution is 0.342. The van der Waals surface area contributed by atoms with E-state index in [1.807, 2.05) is 0 Å². The van der Waals surface area contributed by atoms with E-state index in [2.05, 4.69) is 5.32 Å². The maximum absolute atomic E-state index is 12.2. The van der Waals surface area contributed by atoms with Crippen LogP contribution in [0.3, 0.4) is 0 Å². The van der Waals surface area contributed by atoms with Gasteiger partial charge < -0.3 is 5.32 Å². The van der Waals surface area contributed by atoms with Crippen molar-refractivity contribution in [3.63, 3.8) is 0 Å². The number of rotatable bonds is 3. The Balaban J connectivity index is 1.90. The Morgan fingerprint density at radius 2 is 1.69 bits per heavy atom. The largest absolute Gasteiger partial charge is 0.314 e. The van der Waals surface area contributed by atoms with Crippen LogP contribution in [-0.2, 0) is 10.0 Å². The fourth-order valence-corrected chi connectivity index (χ4v) is 4.56. The summed E-state index contributed by atoms with van der Waals surface area (Å²) < 4.78 is 26.0. The molecule has 1 heterocycles. The van der Waals surface area contributed by atoms with Crippen molar-refractivity contribution in [2.24, 2.45) is 5.92 Å². The summed E-state index contributed by atoms with van der Waals surface area (Å²) in [6.07, 6.45) is 5.91. The van der Waals surface area contributed by atoms with E-state index in [1.165, 1.54) is 19.3 Å². The minimum atomic E-state index is -2.99. The molecule has 1 saturated carbocycles. The molecule has 1 saturated heterocycles. The Bertz CT molecular complexity index is 304. The normalized spacial score (nSPS) is 25.8. The second-order valence-corrected chi connectivity index (χ2v) is 6.95. The molecule has 2 aliphatic rings. The Morgan fingerprint density at radius 1 is 1.06 bits per heavy atom. The molecule has 1 N–H and O–H groups in total. The molecule has 0 bridgehead atoms. The Morgan fingerprint density at radius 3 is 2.31 bits per heavy atom. The zero-order chi connectivity index (χ0) is 11.4. The molecule has 0 radical (unpaired) electrons. The lowest BCUT2D eigenvalue weighted by Gasteiger charge is -2.29. The van der Waals surface area contributed by atoms with Crippen molar-refractivity contribution >= 4 is 10.0 Å². The molecule has 5 heteroatoms. The molecule has 2 fully saturated rings. The molecule has 16 heavy (non-hydrogen) atoms. The van der Waals surface area contributed by atoms with Crippen molar-refractivity contribution in [2.45, 2.75) is 32.1 Å². The van der Waals surface area contributed by atoms with Gasteiger partial charge in [-0.15, -0.1) is 0 Å². The molecule has 0 amide bonds. The summed E-state index contributed by atoms with van der Waals surface area (Å²) in [6.45, 7) is 2.89. The smallest absolute Gasteiger partial charge is 0.214 e. The number of hydrogen-bond donors (Lipinski definition) is 1. The lowest BCUT2D eigenvalue weighted by atomic mass is 9.91. The van der Waals surface area contributed by atoms with Crippen LogP contribution in [-0.4, -0.2) is 44.7 Å². The van der Waals surface area contributed by atoms with E-state index < -0.39 is 10.0 Å². The molecule has 0 aromatic rings. The van der Waals surface area contributed by atoms with Crippen molar-refractivity contribution in [3.8, 4) is 0 Å². The topological polar surface area (TPSA) is 49.4 Å². The number of nitrogens with one attached hydrogen (secondary N) is 1. The van der Waals surface area contributed by atoms with Gasteiger partial charge >= 0.3 is 0 Å². The first-order valence-electron chi connectivity index (χ1n) is 6.37. The summed E-state index contributed by atoms with van der Waals surface area (Å²) in [6, 6.07) is 0. The third-order valence-electron chi connectivity index (χ3n) is 3.64. The highest BCUT2D eigenvalue weighted by atomic mass is 32.2. The SMILES string of the molecule is O=S(=O)(CC1CCCCC1)N1CCNCC1. The first-order chi connectivity index (χ1) is 7.68. The molecule has 94 valence electrons. The predicted molar refractivity (Wildman–Crippen MR) is 64.8 cm³/mol. The standard InChI is InChI=1S/C11H22N2O2S/c14-16(15,13-8-6-12-7-9-13)10-11-4-2-1-3-5-11/h11-12H,1-10H2. The van der Waals surface area contributed by atoms with Gasteiger partial charge in [0.25, 0.3) is 0 Å². The molecular formula is C11H22N2O2S. The molecule has 0 spiro atoms. The van der Waals surface area contributed by atoms with E-state index in [0.717, 1.165) is 25.9 Å². The Labute approximate surface area is 98.4 Å². The summed E-state index contributed by atoms with van der Waals surface area (Å²) in [4.78, 5) is 0. The summed E-state index contributed by atoms with van der Waals surface area (Å²) in [5, 5.41) is 3.18. The van der Waals surface area contributed by atoms with Crippen LogP contribution in [0.2, 0.25) is 0 Å². The van der Waals surface area contributed by atoms with E-state index >= 15 is 0 Å². The molecule has 0 unspecified atom stereocenters. The quantitative estimate of drug-likeness (QED) is 0.801. The third-order valence-corrected chi connectivity index (χ3v) is 5.68. The highest BCUT2D eigenvalue weighted by molar-refractivity contribution is 7.89. The monoisotopic (exact) mass is 246 g/mol. The summed E-state index contributed by atoms with van der Waals surface area (Å²) in [5.74, 6) is 0.793. The zero-order valence-electron chi connectivity index (χ0n) is 9.82.